The maximum atomic E-state index is 12.4. The summed E-state index contributed by atoms with van der Waals surface area (Å²) < 4.78 is 34.7. The summed E-state index contributed by atoms with van der Waals surface area (Å²) in [5.74, 6) is 1.09. The van der Waals surface area contributed by atoms with E-state index in [0.29, 0.717) is 47.0 Å². The molecule has 0 saturated heterocycles. The standard InChI is InChI=1S/C28H37N5O5S/c1-8-28(6,29)21-15-31-25(37-16(2)11-12-39(7,35)36)20-14-30-23(13-19(20)21)32-22-10-9-18-24(33-22)27(4,5)17(3)38-26(18)34/h9-10,13-17H,8,11-12,29H2,1-7H3,(H,30,32,33)/t16-,17+,28+/m0/s1. The molecule has 11 heteroatoms. The van der Waals surface area contributed by atoms with Gasteiger partial charge in [-0.25, -0.2) is 28.2 Å². The van der Waals surface area contributed by atoms with E-state index in [2.05, 4.69) is 15.3 Å². The molecule has 4 heterocycles. The molecular weight excluding hydrogens is 518 g/mol. The van der Waals surface area contributed by atoms with E-state index in [1.807, 2.05) is 47.6 Å². The molecule has 3 atom stereocenters. The molecule has 0 aromatic carbocycles. The van der Waals surface area contributed by atoms with Crippen molar-refractivity contribution in [3.63, 3.8) is 0 Å². The van der Waals surface area contributed by atoms with Crippen LogP contribution in [0.25, 0.3) is 10.8 Å². The summed E-state index contributed by atoms with van der Waals surface area (Å²) >= 11 is 0. The van der Waals surface area contributed by atoms with Gasteiger partial charge < -0.3 is 20.5 Å². The highest BCUT2D eigenvalue weighted by Gasteiger charge is 2.41. The van der Waals surface area contributed by atoms with Crippen molar-refractivity contribution in [2.45, 2.75) is 77.5 Å². The molecule has 0 amide bonds. The Bertz CT molecular complexity index is 1520. The molecule has 3 N–H and O–H groups in total. The predicted octanol–water partition coefficient (Wildman–Crippen LogP) is 4.39. The predicted molar refractivity (Wildman–Crippen MR) is 151 cm³/mol. The van der Waals surface area contributed by atoms with Crippen LogP contribution in [0.1, 0.15) is 76.0 Å². The van der Waals surface area contributed by atoms with Crippen molar-refractivity contribution in [1.29, 1.82) is 0 Å². The van der Waals surface area contributed by atoms with E-state index in [9.17, 15) is 13.2 Å². The first kappa shape index (κ1) is 28.7. The second kappa shape index (κ2) is 10.3. The minimum absolute atomic E-state index is 0.0221. The molecule has 3 aromatic rings. The summed E-state index contributed by atoms with van der Waals surface area (Å²) in [5, 5.41) is 4.75. The molecule has 1 aliphatic rings. The van der Waals surface area contributed by atoms with Crippen molar-refractivity contribution in [3.05, 3.63) is 47.4 Å². The Morgan fingerprint density at radius 3 is 2.59 bits per heavy atom. The minimum Gasteiger partial charge on any atom is -0.474 e. The van der Waals surface area contributed by atoms with Crippen LogP contribution in [0.4, 0.5) is 11.6 Å². The van der Waals surface area contributed by atoms with Crippen molar-refractivity contribution in [1.82, 2.24) is 15.0 Å². The third-order valence-corrected chi connectivity index (χ3v) is 8.55. The van der Waals surface area contributed by atoms with Crippen LogP contribution >= 0.6 is 0 Å². The number of carbonyl (C=O) groups excluding carboxylic acids is 1. The number of fused-ring (bicyclic) bond motifs is 2. The van der Waals surface area contributed by atoms with Gasteiger partial charge in [-0.05, 0) is 62.8 Å². The summed E-state index contributed by atoms with van der Waals surface area (Å²) in [6.45, 7) is 11.6. The number of cyclic esters (lactones) is 1. The number of carbonyl (C=O) groups is 1. The molecule has 10 nitrogen and oxygen atoms in total. The van der Waals surface area contributed by atoms with E-state index in [-0.39, 0.29) is 23.9 Å². The topological polar surface area (TPSA) is 146 Å². The molecule has 39 heavy (non-hydrogen) atoms. The fourth-order valence-electron chi connectivity index (χ4n) is 4.43. The quantitative estimate of drug-likeness (QED) is 0.364. The zero-order valence-corrected chi connectivity index (χ0v) is 24.3. The number of ether oxygens (including phenoxy) is 2. The van der Waals surface area contributed by atoms with Crippen molar-refractivity contribution in [2.24, 2.45) is 5.73 Å². The molecule has 0 saturated carbocycles. The van der Waals surface area contributed by atoms with Gasteiger partial charge in [0.2, 0.25) is 5.88 Å². The van der Waals surface area contributed by atoms with Gasteiger partial charge in [-0.2, -0.15) is 0 Å². The molecule has 1 aliphatic heterocycles. The van der Waals surface area contributed by atoms with E-state index >= 15 is 0 Å². The van der Waals surface area contributed by atoms with Gasteiger partial charge >= 0.3 is 5.97 Å². The minimum atomic E-state index is -3.11. The summed E-state index contributed by atoms with van der Waals surface area (Å²) in [6.07, 6.45) is 4.91. The average Bonchev–Trinajstić information content (AvgIpc) is 2.86. The number of anilines is 2. The second-order valence-electron chi connectivity index (χ2n) is 11.2. The Hall–Kier alpha value is -3.31. The number of pyridine rings is 3. The second-order valence-corrected chi connectivity index (χ2v) is 13.5. The van der Waals surface area contributed by atoms with Crippen molar-refractivity contribution in [3.8, 4) is 5.88 Å². The SMILES string of the molecule is CC[C@@](C)(N)c1cnc(O[C@@H](C)CCS(C)(=O)=O)c2cnc(Nc3ccc4c(n3)C(C)(C)[C@@H](C)OC4=O)cc12. The smallest absolute Gasteiger partial charge is 0.340 e. The van der Waals surface area contributed by atoms with Crippen molar-refractivity contribution >= 4 is 38.2 Å². The van der Waals surface area contributed by atoms with Gasteiger partial charge in [0.05, 0.1) is 28.5 Å². The van der Waals surface area contributed by atoms with E-state index in [1.54, 1.807) is 24.5 Å². The third kappa shape index (κ3) is 5.99. The van der Waals surface area contributed by atoms with Gasteiger partial charge in [-0.15, -0.1) is 0 Å². The first-order chi connectivity index (χ1) is 18.1. The van der Waals surface area contributed by atoms with Gasteiger partial charge in [0.15, 0.2) is 0 Å². The average molecular weight is 556 g/mol. The van der Waals surface area contributed by atoms with Crippen molar-refractivity contribution < 1.29 is 22.7 Å². The van der Waals surface area contributed by atoms with Crippen LogP contribution in [0.15, 0.2) is 30.6 Å². The van der Waals surface area contributed by atoms with E-state index in [4.69, 9.17) is 20.2 Å². The fourth-order valence-corrected chi connectivity index (χ4v) is 5.19. The van der Waals surface area contributed by atoms with Gasteiger partial charge in [-0.3, -0.25) is 0 Å². The van der Waals surface area contributed by atoms with E-state index in [1.165, 1.54) is 6.26 Å². The number of esters is 1. The highest BCUT2D eigenvalue weighted by molar-refractivity contribution is 7.90. The molecule has 4 rings (SSSR count). The Morgan fingerprint density at radius 1 is 1.21 bits per heavy atom. The third-order valence-electron chi connectivity index (χ3n) is 7.57. The van der Waals surface area contributed by atoms with Gasteiger partial charge in [0.1, 0.15) is 27.6 Å². The van der Waals surface area contributed by atoms with Crippen LogP contribution in [-0.4, -0.2) is 53.6 Å². The monoisotopic (exact) mass is 555 g/mol. The number of nitrogens with one attached hydrogen (secondary N) is 1. The van der Waals surface area contributed by atoms with Crippen LogP contribution in [0.3, 0.4) is 0 Å². The molecule has 0 bridgehead atoms. The molecule has 210 valence electrons. The van der Waals surface area contributed by atoms with Crippen LogP contribution in [-0.2, 0) is 25.5 Å². The summed E-state index contributed by atoms with van der Waals surface area (Å²) in [5.41, 5.74) is 7.48. The first-order valence-electron chi connectivity index (χ1n) is 13.0. The maximum absolute atomic E-state index is 12.4. The highest BCUT2D eigenvalue weighted by atomic mass is 32.2. The van der Waals surface area contributed by atoms with Crippen LogP contribution in [0, 0.1) is 0 Å². The Labute approximate surface area is 229 Å². The van der Waals surface area contributed by atoms with E-state index < -0.39 is 20.8 Å². The largest absolute Gasteiger partial charge is 0.474 e. The normalized spacial score (nSPS) is 19.1. The maximum Gasteiger partial charge on any atom is 0.340 e. The molecule has 0 fully saturated rings. The first-order valence-corrected chi connectivity index (χ1v) is 15.1. The molecule has 3 aromatic heterocycles. The van der Waals surface area contributed by atoms with Crippen LogP contribution < -0.4 is 15.8 Å². The van der Waals surface area contributed by atoms with Crippen LogP contribution in [0.5, 0.6) is 5.88 Å². The number of aromatic nitrogens is 3. The number of sulfone groups is 1. The zero-order valence-electron chi connectivity index (χ0n) is 23.5. The Kier molecular flexibility index (Phi) is 7.61. The Morgan fingerprint density at radius 2 is 1.92 bits per heavy atom. The van der Waals surface area contributed by atoms with Gasteiger partial charge in [0, 0.05) is 29.6 Å². The lowest BCUT2D eigenvalue weighted by Gasteiger charge is -2.36. The Balaban J connectivity index is 1.72. The zero-order chi connectivity index (χ0) is 28.8. The lowest BCUT2D eigenvalue weighted by molar-refractivity contribution is 0.00864. The lowest BCUT2D eigenvalue weighted by Crippen LogP contribution is -2.42. The number of hydrogen-bond acceptors (Lipinski definition) is 10. The van der Waals surface area contributed by atoms with Crippen molar-refractivity contribution in [2.75, 3.05) is 17.3 Å². The highest BCUT2D eigenvalue weighted by Crippen LogP contribution is 2.37. The molecule has 0 unspecified atom stereocenters. The lowest BCUT2D eigenvalue weighted by atomic mass is 9.79. The number of hydrogen-bond donors (Lipinski definition) is 2. The summed E-state index contributed by atoms with van der Waals surface area (Å²) in [7, 11) is -3.11. The van der Waals surface area contributed by atoms with Gasteiger partial charge in [-0.1, -0.05) is 20.8 Å². The summed E-state index contributed by atoms with van der Waals surface area (Å²) in [4.78, 5) is 26.3. The number of nitrogens with two attached hydrogens (primary N) is 1. The van der Waals surface area contributed by atoms with E-state index in [0.717, 1.165) is 10.9 Å². The molecule has 0 spiro atoms. The molecular formula is C28H37N5O5S. The summed E-state index contributed by atoms with van der Waals surface area (Å²) in [6, 6.07) is 5.32. The van der Waals surface area contributed by atoms with Crippen LogP contribution in [0.2, 0.25) is 0 Å². The number of rotatable bonds is 9. The van der Waals surface area contributed by atoms with Gasteiger partial charge in [0.25, 0.3) is 0 Å². The fraction of sp³-hybridized carbons (Fsp3) is 0.500. The number of nitrogens with zero attached hydrogens (tertiary/aromatic N) is 3. The molecule has 0 aliphatic carbocycles. The molecule has 0 radical (unpaired) electrons.